The van der Waals surface area contributed by atoms with E-state index < -0.39 is 6.04 Å². The molecule has 0 bridgehead atoms. The average molecular weight is 477 g/mol. The van der Waals surface area contributed by atoms with Crippen LogP contribution in [0.4, 0.5) is 11.4 Å². The summed E-state index contributed by atoms with van der Waals surface area (Å²) in [4.78, 5) is 25.6. The molecule has 0 fully saturated rings. The summed E-state index contributed by atoms with van der Waals surface area (Å²) in [7, 11) is 0. The quantitative estimate of drug-likeness (QED) is 0.405. The number of aryl methyl sites for hydroxylation is 2. The van der Waals surface area contributed by atoms with Gasteiger partial charge in [-0.3, -0.25) is 14.3 Å². The van der Waals surface area contributed by atoms with Crippen LogP contribution in [0.5, 0.6) is 0 Å². The van der Waals surface area contributed by atoms with E-state index in [1.807, 2.05) is 57.2 Å². The molecule has 0 spiro atoms. The third-order valence-corrected chi connectivity index (χ3v) is 5.84. The molecule has 174 valence electrons. The maximum Gasteiger partial charge on any atom is 0.259 e. The third-order valence-electron chi connectivity index (χ3n) is 5.53. The van der Waals surface area contributed by atoms with E-state index in [0.29, 0.717) is 22.0 Å². The second-order valence-corrected chi connectivity index (χ2v) is 8.48. The number of carbonyl (C=O) groups is 2. The Balaban J connectivity index is 1.45. The summed E-state index contributed by atoms with van der Waals surface area (Å²) in [6.45, 7) is 7.39. The van der Waals surface area contributed by atoms with Gasteiger partial charge in [0.1, 0.15) is 6.04 Å². The number of amides is 2. The molecule has 2 aromatic heterocycles. The molecule has 1 unspecified atom stereocenters. The van der Waals surface area contributed by atoms with Gasteiger partial charge >= 0.3 is 0 Å². The Kier molecular flexibility index (Phi) is 6.51. The summed E-state index contributed by atoms with van der Waals surface area (Å²) >= 11 is 6.40. The van der Waals surface area contributed by atoms with Crippen LogP contribution in [0.1, 0.15) is 40.4 Å². The SMILES string of the molecule is Cc1cc(C)n(C(C)C(=O)Nc2ccc(NC(=O)c3cnn(-c4ccccc4)c3C)cc2Cl)n1. The van der Waals surface area contributed by atoms with Gasteiger partial charge < -0.3 is 10.6 Å². The lowest BCUT2D eigenvalue weighted by atomic mass is 10.2. The first-order chi connectivity index (χ1) is 16.2. The van der Waals surface area contributed by atoms with Gasteiger partial charge in [-0.25, -0.2) is 4.68 Å². The van der Waals surface area contributed by atoms with Crippen molar-refractivity contribution in [3.63, 3.8) is 0 Å². The Morgan fingerprint density at radius 2 is 1.74 bits per heavy atom. The van der Waals surface area contributed by atoms with Crippen molar-refractivity contribution in [1.82, 2.24) is 19.6 Å². The number of halogens is 1. The summed E-state index contributed by atoms with van der Waals surface area (Å²) in [5.74, 6) is -0.542. The van der Waals surface area contributed by atoms with Crippen molar-refractivity contribution in [2.24, 2.45) is 0 Å². The molecule has 2 heterocycles. The highest BCUT2D eigenvalue weighted by molar-refractivity contribution is 6.34. The molecular formula is C25H25ClN6O2. The van der Waals surface area contributed by atoms with Crippen LogP contribution in [0.25, 0.3) is 5.69 Å². The smallest absolute Gasteiger partial charge is 0.259 e. The molecule has 4 aromatic rings. The van der Waals surface area contributed by atoms with Gasteiger partial charge in [-0.05, 0) is 64.1 Å². The monoisotopic (exact) mass is 476 g/mol. The van der Waals surface area contributed by atoms with Crippen molar-refractivity contribution in [3.05, 3.63) is 88.5 Å². The summed E-state index contributed by atoms with van der Waals surface area (Å²) in [5, 5.41) is 14.7. The van der Waals surface area contributed by atoms with Crippen molar-refractivity contribution >= 4 is 34.8 Å². The third kappa shape index (κ3) is 4.72. The highest BCUT2D eigenvalue weighted by Gasteiger charge is 2.20. The van der Waals surface area contributed by atoms with E-state index in [4.69, 9.17) is 11.6 Å². The van der Waals surface area contributed by atoms with Crippen LogP contribution in [-0.2, 0) is 4.79 Å². The van der Waals surface area contributed by atoms with Gasteiger partial charge in [-0.1, -0.05) is 29.8 Å². The Labute approximate surface area is 202 Å². The molecule has 0 aliphatic rings. The molecule has 9 heteroatoms. The predicted molar refractivity (Wildman–Crippen MR) is 133 cm³/mol. The fraction of sp³-hybridized carbons (Fsp3) is 0.200. The number of aromatic nitrogens is 4. The van der Waals surface area contributed by atoms with Gasteiger partial charge in [0, 0.05) is 11.4 Å². The summed E-state index contributed by atoms with van der Waals surface area (Å²) in [6, 6.07) is 15.9. The normalized spacial score (nSPS) is 11.8. The maximum atomic E-state index is 12.8. The Morgan fingerprint density at radius 3 is 2.38 bits per heavy atom. The molecule has 0 radical (unpaired) electrons. The van der Waals surface area contributed by atoms with Gasteiger partial charge in [0.25, 0.3) is 5.91 Å². The molecule has 8 nitrogen and oxygen atoms in total. The zero-order chi connectivity index (χ0) is 24.4. The molecule has 4 rings (SSSR count). The standard InChI is InChI=1S/C25H25ClN6O2/c1-15-12-16(2)31(30-15)18(4)24(33)29-23-11-10-19(13-22(23)26)28-25(34)21-14-27-32(17(21)3)20-8-6-5-7-9-20/h5-14,18H,1-4H3,(H,28,34)(H,29,33). The molecular weight excluding hydrogens is 452 g/mol. The predicted octanol–water partition coefficient (Wildman–Crippen LogP) is 5.10. The Bertz CT molecular complexity index is 1360. The highest BCUT2D eigenvalue weighted by Crippen LogP contribution is 2.27. The summed E-state index contributed by atoms with van der Waals surface area (Å²) < 4.78 is 3.38. The minimum Gasteiger partial charge on any atom is -0.323 e. The van der Waals surface area contributed by atoms with Crippen molar-refractivity contribution in [2.75, 3.05) is 10.6 Å². The number of hydrogen-bond acceptors (Lipinski definition) is 4. The number of nitrogens with one attached hydrogen (secondary N) is 2. The number of benzene rings is 2. The second-order valence-electron chi connectivity index (χ2n) is 8.08. The van der Waals surface area contributed by atoms with E-state index in [0.717, 1.165) is 22.8 Å². The summed E-state index contributed by atoms with van der Waals surface area (Å²) in [6.07, 6.45) is 1.54. The minimum absolute atomic E-state index is 0.242. The molecule has 0 aliphatic heterocycles. The van der Waals surface area contributed by atoms with E-state index in [-0.39, 0.29) is 11.8 Å². The van der Waals surface area contributed by atoms with E-state index in [2.05, 4.69) is 20.8 Å². The van der Waals surface area contributed by atoms with Crippen molar-refractivity contribution in [3.8, 4) is 5.69 Å². The first-order valence-corrected chi connectivity index (χ1v) is 11.2. The van der Waals surface area contributed by atoms with Crippen molar-refractivity contribution in [2.45, 2.75) is 33.7 Å². The van der Waals surface area contributed by atoms with E-state index in [9.17, 15) is 9.59 Å². The lowest BCUT2D eigenvalue weighted by molar-refractivity contribution is -0.119. The number of hydrogen-bond donors (Lipinski definition) is 2. The first kappa shape index (κ1) is 23.3. The number of carbonyl (C=O) groups excluding carboxylic acids is 2. The Morgan fingerprint density at radius 1 is 1.00 bits per heavy atom. The van der Waals surface area contributed by atoms with E-state index >= 15 is 0 Å². The average Bonchev–Trinajstić information content (AvgIpc) is 3.36. The molecule has 0 saturated carbocycles. The van der Waals surface area contributed by atoms with Crippen LogP contribution in [0.3, 0.4) is 0 Å². The zero-order valence-corrected chi connectivity index (χ0v) is 20.1. The largest absolute Gasteiger partial charge is 0.323 e. The molecule has 34 heavy (non-hydrogen) atoms. The summed E-state index contributed by atoms with van der Waals surface area (Å²) in [5.41, 5.74) is 4.75. The second kappa shape index (κ2) is 9.52. The topological polar surface area (TPSA) is 93.8 Å². The fourth-order valence-corrected chi connectivity index (χ4v) is 3.97. The number of anilines is 2. The molecule has 0 aliphatic carbocycles. The molecule has 2 N–H and O–H groups in total. The highest BCUT2D eigenvalue weighted by atomic mass is 35.5. The van der Waals surface area contributed by atoms with Gasteiger partial charge in [-0.15, -0.1) is 0 Å². The number of nitrogens with zero attached hydrogens (tertiary/aromatic N) is 4. The van der Waals surface area contributed by atoms with E-state index in [1.165, 1.54) is 6.20 Å². The fourth-order valence-electron chi connectivity index (χ4n) is 3.74. The number of para-hydroxylation sites is 1. The molecule has 2 amide bonds. The van der Waals surface area contributed by atoms with Crippen molar-refractivity contribution < 1.29 is 9.59 Å². The minimum atomic E-state index is -0.506. The van der Waals surface area contributed by atoms with Crippen LogP contribution in [-0.4, -0.2) is 31.4 Å². The first-order valence-electron chi connectivity index (χ1n) is 10.8. The van der Waals surface area contributed by atoms with Gasteiger partial charge in [0.15, 0.2) is 0 Å². The molecule has 2 aromatic carbocycles. The van der Waals surface area contributed by atoms with Crippen LogP contribution < -0.4 is 10.6 Å². The lowest BCUT2D eigenvalue weighted by Crippen LogP contribution is -2.25. The van der Waals surface area contributed by atoms with Crippen LogP contribution in [0, 0.1) is 20.8 Å². The van der Waals surface area contributed by atoms with E-state index in [1.54, 1.807) is 34.5 Å². The number of rotatable bonds is 6. The van der Waals surface area contributed by atoms with Crippen LogP contribution in [0.2, 0.25) is 5.02 Å². The molecule has 1 atom stereocenters. The van der Waals surface area contributed by atoms with Gasteiger partial charge in [0.05, 0.1) is 39.5 Å². The maximum absolute atomic E-state index is 12.8. The van der Waals surface area contributed by atoms with Gasteiger partial charge in [-0.2, -0.15) is 10.2 Å². The zero-order valence-electron chi connectivity index (χ0n) is 19.3. The lowest BCUT2D eigenvalue weighted by Gasteiger charge is -2.16. The van der Waals surface area contributed by atoms with Crippen LogP contribution in [0.15, 0.2) is 60.8 Å². The van der Waals surface area contributed by atoms with Gasteiger partial charge in [0.2, 0.25) is 5.91 Å². The van der Waals surface area contributed by atoms with Crippen molar-refractivity contribution in [1.29, 1.82) is 0 Å². The van der Waals surface area contributed by atoms with Crippen LogP contribution >= 0.6 is 11.6 Å². The Hall–Kier alpha value is -3.91. The molecule has 0 saturated heterocycles.